The zero-order chi connectivity index (χ0) is 27.3. The van der Waals surface area contributed by atoms with Crippen molar-refractivity contribution in [3.05, 3.63) is 48.4 Å². The van der Waals surface area contributed by atoms with Crippen molar-refractivity contribution in [2.75, 3.05) is 44.3 Å². The molecule has 9 heteroatoms. The van der Waals surface area contributed by atoms with Gasteiger partial charge in [-0.15, -0.1) is 0 Å². The van der Waals surface area contributed by atoms with Crippen LogP contribution in [0.1, 0.15) is 38.5 Å². The fourth-order valence-corrected chi connectivity index (χ4v) is 6.99. The van der Waals surface area contributed by atoms with Gasteiger partial charge in [-0.05, 0) is 80.4 Å². The van der Waals surface area contributed by atoms with Crippen molar-refractivity contribution < 1.29 is 19.3 Å². The number of aromatic nitrogens is 3. The number of ether oxygens (including phenoxy) is 1. The molecule has 208 valence electrons. The maximum absolute atomic E-state index is 16.5. The van der Waals surface area contributed by atoms with Crippen molar-refractivity contribution in [3.8, 4) is 23.0 Å². The molecule has 3 saturated heterocycles. The summed E-state index contributed by atoms with van der Waals surface area (Å²) in [5, 5.41) is 22.2. The monoisotopic (exact) mass is 543 g/mol. The third kappa shape index (κ3) is 4.32. The third-order valence-corrected chi connectivity index (χ3v) is 9.20. The Morgan fingerprint density at radius 1 is 1.00 bits per heavy atom. The van der Waals surface area contributed by atoms with Crippen LogP contribution in [-0.4, -0.2) is 75.0 Å². The molecule has 0 bridgehead atoms. The number of nitrogens with zero attached hydrogens (tertiary/aromatic N) is 5. The van der Waals surface area contributed by atoms with E-state index in [0.29, 0.717) is 36.5 Å². The van der Waals surface area contributed by atoms with Crippen LogP contribution in [0.4, 0.5) is 10.2 Å². The van der Waals surface area contributed by atoms with E-state index >= 15 is 4.39 Å². The van der Waals surface area contributed by atoms with E-state index in [4.69, 9.17) is 9.72 Å². The van der Waals surface area contributed by atoms with Gasteiger partial charge in [0.25, 0.3) is 0 Å². The Balaban J connectivity index is 1.33. The Hall–Kier alpha value is -3.56. The van der Waals surface area contributed by atoms with E-state index < -0.39 is 5.82 Å². The number of fused-ring (bicyclic) bond motifs is 3. The molecule has 8 nitrogen and oxygen atoms in total. The first kappa shape index (κ1) is 25.4. The Morgan fingerprint density at radius 3 is 2.55 bits per heavy atom. The van der Waals surface area contributed by atoms with Crippen LogP contribution in [0, 0.1) is 11.7 Å². The number of rotatable bonds is 6. The molecule has 2 N–H and O–H groups in total. The lowest BCUT2D eigenvalue weighted by molar-refractivity contribution is 0.108. The number of hydrogen-bond donors (Lipinski definition) is 2. The molecular formula is C31H34FN5O3. The molecule has 0 radical (unpaired) electrons. The zero-order valence-corrected chi connectivity index (χ0v) is 22.5. The Kier molecular flexibility index (Phi) is 6.43. The largest absolute Gasteiger partial charge is 0.508 e. The standard InChI is InChI=1S/C31H34FN5O3/c32-26-27(24-16-22(39)15-21-5-1-2-6-23(21)24)33-17-25-28(26)34-30(35-29(25)36-13-7-20(18-38)8-14-36)40-19-31-9-3-11-37(31)12-4-10-31/h1-2,5-6,15-17,20,38-39H,3-4,7-14,18-19H2. The molecule has 3 aliphatic heterocycles. The molecule has 2 aromatic carbocycles. The van der Waals surface area contributed by atoms with Crippen molar-refractivity contribution >= 4 is 27.5 Å². The van der Waals surface area contributed by atoms with Gasteiger partial charge in [0.1, 0.15) is 29.4 Å². The van der Waals surface area contributed by atoms with Crippen LogP contribution >= 0.6 is 0 Å². The molecule has 0 amide bonds. The quantitative estimate of drug-likeness (QED) is 0.355. The minimum atomic E-state index is -0.562. The average Bonchev–Trinajstić information content (AvgIpc) is 3.56. The van der Waals surface area contributed by atoms with Crippen LogP contribution < -0.4 is 9.64 Å². The first-order valence-corrected chi connectivity index (χ1v) is 14.4. The minimum Gasteiger partial charge on any atom is -0.508 e. The molecule has 5 heterocycles. The molecule has 3 fully saturated rings. The summed E-state index contributed by atoms with van der Waals surface area (Å²) in [6.45, 7) is 4.25. The van der Waals surface area contributed by atoms with Crippen LogP contribution in [0.2, 0.25) is 0 Å². The molecule has 0 saturated carbocycles. The molecule has 2 aromatic heterocycles. The van der Waals surface area contributed by atoms with Crippen molar-refractivity contribution in [1.29, 1.82) is 0 Å². The molecule has 3 aliphatic rings. The van der Waals surface area contributed by atoms with Gasteiger partial charge in [-0.25, -0.2) is 4.39 Å². The molecule has 40 heavy (non-hydrogen) atoms. The Labute approximate surface area is 232 Å². The number of pyridine rings is 1. The smallest absolute Gasteiger partial charge is 0.319 e. The number of hydrogen-bond acceptors (Lipinski definition) is 8. The van der Waals surface area contributed by atoms with E-state index in [9.17, 15) is 10.2 Å². The van der Waals surface area contributed by atoms with Crippen LogP contribution in [0.25, 0.3) is 32.9 Å². The van der Waals surface area contributed by atoms with Gasteiger partial charge in [-0.2, -0.15) is 9.97 Å². The zero-order valence-electron chi connectivity index (χ0n) is 22.5. The number of benzene rings is 2. The van der Waals surface area contributed by atoms with Crippen molar-refractivity contribution in [1.82, 2.24) is 19.9 Å². The lowest BCUT2D eigenvalue weighted by atomic mass is 9.95. The fraction of sp³-hybridized carbons (Fsp3) is 0.452. The number of phenols is 1. The second-order valence-electron chi connectivity index (χ2n) is 11.5. The van der Waals surface area contributed by atoms with Crippen molar-refractivity contribution in [2.24, 2.45) is 5.92 Å². The summed E-state index contributed by atoms with van der Waals surface area (Å²) < 4.78 is 22.8. The molecule has 0 aliphatic carbocycles. The normalized spacial score (nSPS) is 19.5. The lowest BCUT2D eigenvalue weighted by Crippen LogP contribution is -2.43. The van der Waals surface area contributed by atoms with Crippen molar-refractivity contribution in [3.63, 3.8) is 0 Å². The topological polar surface area (TPSA) is 94.8 Å². The van der Waals surface area contributed by atoms with Gasteiger partial charge in [-0.1, -0.05) is 24.3 Å². The van der Waals surface area contributed by atoms with Gasteiger partial charge in [-0.3, -0.25) is 9.88 Å². The maximum atomic E-state index is 16.5. The molecule has 0 spiro atoms. The number of anilines is 1. The number of phenolic OH excluding ortho intramolecular Hbond substituents is 1. The van der Waals surface area contributed by atoms with Crippen LogP contribution in [0.3, 0.4) is 0 Å². The summed E-state index contributed by atoms with van der Waals surface area (Å²) in [5.41, 5.74) is 0.813. The van der Waals surface area contributed by atoms with Gasteiger partial charge in [0, 0.05) is 31.5 Å². The van der Waals surface area contributed by atoms with Crippen LogP contribution in [0.5, 0.6) is 11.8 Å². The summed E-state index contributed by atoms with van der Waals surface area (Å²) in [7, 11) is 0. The molecule has 0 atom stereocenters. The van der Waals surface area contributed by atoms with Crippen LogP contribution in [0.15, 0.2) is 42.6 Å². The van der Waals surface area contributed by atoms with Gasteiger partial charge < -0.3 is 19.8 Å². The van der Waals surface area contributed by atoms with E-state index in [1.54, 1.807) is 18.3 Å². The summed E-state index contributed by atoms with van der Waals surface area (Å²) in [4.78, 5) is 18.6. The highest BCUT2D eigenvalue weighted by Gasteiger charge is 2.45. The number of halogens is 1. The average molecular weight is 544 g/mol. The van der Waals surface area contributed by atoms with Crippen LogP contribution in [-0.2, 0) is 0 Å². The second kappa shape index (κ2) is 10.1. The van der Waals surface area contributed by atoms with E-state index in [-0.39, 0.29) is 41.0 Å². The minimum absolute atomic E-state index is 0.0143. The van der Waals surface area contributed by atoms with E-state index in [0.717, 1.165) is 62.4 Å². The number of aliphatic hydroxyl groups excluding tert-OH is 1. The highest BCUT2D eigenvalue weighted by atomic mass is 19.1. The second-order valence-corrected chi connectivity index (χ2v) is 11.5. The number of piperidine rings is 1. The van der Waals surface area contributed by atoms with Crippen molar-refractivity contribution in [2.45, 2.75) is 44.1 Å². The highest BCUT2D eigenvalue weighted by molar-refractivity contribution is 5.99. The summed E-state index contributed by atoms with van der Waals surface area (Å²) in [6.07, 6.45) is 7.81. The Bertz CT molecular complexity index is 1560. The first-order valence-electron chi connectivity index (χ1n) is 14.4. The van der Waals surface area contributed by atoms with Gasteiger partial charge >= 0.3 is 6.01 Å². The third-order valence-electron chi connectivity index (χ3n) is 9.20. The predicted octanol–water partition coefficient (Wildman–Crippen LogP) is 4.91. The summed E-state index contributed by atoms with van der Waals surface area (Å²) >= 11 is 0. The highest BCUT2D eigenvalue weighted by Crippen LogP contribution is 2.40. The fourth-order valence-electron chi connectivity index (χ4n) is 6.99. The van der Waals surface area contributed by atoms with Gasteiger partial charge in [0.15, 0.2) is 5.82 Å². The SMILES string of the molecule is OCC1CCN(c2nc(OCC34CCCN3CCC4)nc3c(F)c(-c4cc(O)cc5ccccc45)ncc23)CC1. The first-order chi connectivity index (χ1) is 19.5. The van der Waals surface area contributed by atoms with E-state index in [1.165, 1.54) is 0 Å². The maximum Gasteiger partial charge on any atom is 0.319 e. The number of aliphatic hydroxyl groups is 1. The lowest BCUT2D eigenvalue weighted by Gasteiger charge is -2.33. The molecule has 4 aromatic rings. The summed E-state index contributed by atoms with van der Waals surface area (Å²) in [6, 6.07) is 10.9. The van der Waals surface area contributed by atoms with Gasteiger partial charge in [0.2, 0.25) is 0 Å². The van der Waals surface area contributed by atoms with Gasteiger partial charge in [0.05, 0.1) is 10.9 Å². The molecule has 0 unspecified atom stereocenters. The molecule has 7 rings (SSSR count). The number of aromatic hydroxyl groups is 1. The van der Waals surface area contributed by atoms with E-state index in [1.807, 2.05) is 24.3 Å². The predicted molar refractivity (Wildman–Crippen MR) is 152 cm³/mol. The molecular weight excluding hydrogens is 509 g/mol. The summed E-state index contributed by atoms with van der Waals surface area (Å²) in [5.74, 6) is 0.359. The Morgan fingerprint density at radius 2 is 1.77 bits per heavy atom. The van der Waals surface area contributed by atoms with E-state index in [2.05, 4.69) is 19.8 Å².